The number of nitrogens with zero attached hydrogens (tertiary/aromatic N) is 9. The zero-order valence-electron chi connectivity index (χ0n) is 22.4. The van der Waals surface area contributed by atoms with E-state index in [1.165, 1.54) is 25.3 Å². The second kappa shape index (κ2) is 11.2. The van der Waals surface area contributed by atoms with E-state index >= 15 is 0 Å². The largest absolute Gasteiger partial charge is 0.493 e. The van der Waals surface area contributed by atoms with Gasteiger partial charge in [-0.25, -0.2) is 15.2 Å². The Morgan fingerprint density at radius 2 is 1.90 bits per heavy atom. The third kappa shape index (κ3) is 5.38. The van der Waals surface area contributed by atoms with Gasteiger partial charge in [0.15, 0.2) is 23.7 Å². The number of amidine groups is 1. The summed E-state index contributed by atoms with van der Waals surface area (Å²) >= 11 is 6.16. The molecule has 1 saturated heterocycles. The molecule has 212 valence electrons. The molecule has 5 rings (SSSR count). The van der Waals surface area contributed by atoms with Crippen molar-refractivity contribution in [2.45, 2.75) is 18.8 Å². The predicted octanol–water partition coefficient (Wildman–Crippen LogP) is 1.05. The molecule has 4 amide bonds. The number of tetrazole rings is 1. The summed E-state index contributed by atoms with van der Waals surface area (Å²) in [6.45, 7) is -0.207. The van der Waals surface area contributed by atoms with E-state index in [1.54, 1.807) is 61.5 Å². The van der Waals surface area contributed by atoms with Gasteiger partial charge in [0.25, 0.3) is 17.8 Å². The molecule has 2 aliphatic heterocycles. The number of methoxy groups -OCH3 is 1. The van der Waals surface area contributed by atoms with E-state index in [9.17, 15) is 14.4 Å². The molecule has 0 bridgehead atoms. The molecule has 0 spiro atoms. The summed E-state index contributed by atoms with van der Waals surface area (Å²) in [4.78, 5) is 46.9. The number of likely N-dealkylation sites (N-methyl/N-ethyl adjacent to an activating group) is 3. The fourth-order valence-corrected chi connectivity index (χ4v) is 4.50. The second-order valence-electron chi connectivity index (χ2n) is 9.10. The van der Waals surface area contributed by atoms with Gasteiger partial charge in [-0.05, 0) is 41.1 Å². The van der Waals surface area contributed by atoms with Crippen LogP contribution in [-0.2, 0) is 16.1 Å². The van der Waals surface area contributed by atoms with Crippen LogP contribution < -0.4 is 14.9 Å². The number of hydrazone groups is 1. The molecule has 2 aliphatic rings. The summed E-state index contributed by atoms with van der Waals surface area (Å²) in [6, 6.07) is 11.1. The molecule has 2 aromatic carbocycles. The molecule has 2 atom stereocenters. The van der Waals surface area contributed by atoms with Crippen LogP contribution in [0.2, 0.25) is 5.02 Å². The number of hydrogen-bond donors (Lipinski definition) is 1. The molecular formula is C25H25ClN10O5. The lowest BCUT2D eigenvalue weighted by atomic mass is 10.1. The number of rotatable bonds is 7. The zero-order chi connectivity index (χ0) is 29.3. The molecule has 0 saturated carbocycles. The summed E-state index contributed by atoms with van der Waals surface area (Å²) < 4.78 is 11.4. The van der Waals surface area contributed by atoms with Crippen molar-refractivity contribution in [2.24, 2.45) is 10.1 Å². The van der Waals surface area contributed by atoms with Crippen molar-refractivity contribution in [3.05, 3.63) is 53.1 Å². The number of carbonyl (C=O) groups is 3. The first-order valence-corrected chi connectivity index (χ1v) is 12.6. The van der Waals surface area contributed by atoms with Gasteiger partial charge in [0.2, 0.25) is 5.82 Å². The van der Waals surface area contributed by atoms with E-state index in [4.69, 9.17) is 21.1 Å². The third-order valence-electron chi connectivity index (χ3n) is 6.46. The maximum atomic E-state index is 12.7. The number of aromatic nitrogens is 4. The Hall–Kier alpha value is -5.05. The molecule has 15 nitrogen and oxygen atoms in total. The van der Waals surface area contributed by atoms with E-state index in [2.05, 4.69) is 30.9 Å². The standard InChI is InChI=1S/C25H25ClN10O5/c1-33-20-22(34(2)25(39)35(3)23(20)38)28-24(33)41-17-10-9-14(11-18(17)40-4)12-27-29-19(37)13-36-31-21(30-32-36)15-7-5-6-8-16(15)26/h5-12,20,22H,13H2,1-4H3,(H,29,37)/b27-12-/t20-,22-/m0/s1. The van der Waals surface area contributed by atoms with E-state index in [0.29, 0.717) is 33.5 Å². The quantitative estimate of drug-likeness (QED) is 0.318. The number of amides is 4. The first kappa shape index (κ1) is 27.5. The highest BCUT2D eigenvalue weighted by atomic mass is 35.5. The van der Waals surface area contributed by atoms with Crippen molar-refractivity contribution in [1.82, 2.24) is 40.3 Å². The van der Waals surface area contributed by atoms with Crippen LogP contribution in [0.4, 0.5) is 4.79 Å². The Morgan fingerprint density at radius 3 is 2.66 bits per heavy atom. The number of hydrogen-bond acceptors (Lipinski definition) is 11. The van der Waals surface area contributed by atoms with Crippen LogP contribution in [0.5, 0.6) is 11.5 Å². The lowest BCUT2D eigenvalue weighted by Crippen LogP contribution is -2.63. The van der Waals surface area contributed by atoms with Crippen molar-refractivity contribution in [1.29, 1.82) is 0 Å². The molecular weight excluding hydrogens is 556 g/mol. The highest BCUT2D eigenvalue weighted by Gasteiger charge is 2.50. The van der Waals surface area contributed by atoms with Crippen molar-refractivity contribution >= 4 is 41.7 Å². The summed E-state index contributed by atoms with van der Waals surface area (Å²) in [5.74, 6) is 0.152. The molecule has 1 N–H and O–H groups in total. The number of carbonyl (C=O) groups excluding carboxylic acids is 3. The third-order valence-corrected chi connectivity index (χ3v) is 6.79. The minimum atomic E-state index is -0.706. The molecule has 1 fully saturated rings. The molecule has 3 aromatic rings. The number of urea groups is 1. The van der Waals surface area contributed by atoms with Crippen LogP contribution in [0.25, 0.3) is 11.4 Å². The molecule has 0 unspecified atom stereocenters. The fourth-order valence-electron chi connectivity index (χ4n) is 4.28. The van der Waals surface area contributed by atoms with E-state index < -0.39 is 24.1 Å². The number of ether oxygens (including phenoxy) is 2. The average molecular weight is 581 g/mol. The smallest absolute Gasteiger partial charge is 0.328 e. The molecule has 3 heterocycles. The van der Waals surface area contributed by atoms with Gasteiger partial charge < -0.3 is 19.3 Å². The van der Waals surface area contributed by atoms with E-state index in [-0.39, 0.29) is 18.5 Å². The number of fused-ring (bicyclic) bond motifs is 1. The Kier molecular flexibility index (Phi) is 7.52. The van der Waals surface area contributed by atoms with Crippen LogP contribution in [0.15, 0.2) is 52.6 Å². The van der Waals surface area contributed by atoms with Crippen LogP contribution in [-0.4, -0.2) is 105 Å². The van der Waals surface area contributed by atoms with Gasteiger partial charge in [0.05, 0.1) is 18.3 Å². The van der Waals surface area contributed by atoms with Gasteiger partial charge in [0.1, 0.15) is 6.54 Å². The lowest BCUT2D eigenvalue weighted by molar-refractivity contribution is -0.135. The van der Waals surface area contributed by atoms with E-state index in [0.717, 1.165) is 9.70 Å². The zero-order valence-corrected chi connectivity index (χ0v) is 23.2. The number of benzene rings is 2. The average Bonchev–Trinajstić information content (AvgIpc) is 3.55. The molecule has 16 heteroatoms. The van der Waals surface area contributed by atoms with Crippen molar-refractivity contribution in [3.8, 4) is 22.9 Å². The topological polar surface area (TPSA) is 160 Å². The Morgan fingerprint density at radius 1 is 1.12 bits per heavy atom. The molecule has 0 aliphatic carbocycles. The second-order valence-corrected chi connectivity index (χ2v) is 9.51. The minimum Gasteiger partial charge on any atom is -0.493 e. The van der Waals surface area contributed by atoms with Crippen molar-refractivity contribution in [3.63, 3.8) is 0 Å². The molecule has 1 aromatic heterocycles. The first-order valence-electron chi connectivity index (χ1n) is 12.2. The van der Waals surface area contributed by atoms with Gasteiger partial charge in [0, 0.05) is 26.7 Å². The van der Waals surface area contributed by atoms with Gasteiger partial charge in [-0.2, -0.15) is 9.90 Å². The highest BCUT2D eigenvalue weighted by molar-refractivity contribution is 6.33. The summed E-state index contributed by atoms with van der Waals surface area (Å²) in [5, 5.41) is 16.4. The van der Waals surface area contributed by atoms with E-state index in [1.807, 2.05) is 0 Å². The maximum Gasteiger partial charge on any atom is 0.328 e. The summed E-state index contributed by atoms with van der Waals surface area (Å²) in [6.07, 6.45) is 0.722. The number of aliphatic imine (C=N–C) groups is 1. The van der Waals surface area contributed by atoms with Crippen molar-refractivity contribution < 1.29 is 23.9 Å². The first-order chi connectivity index (χ1) is 19.7. The SMILES string of the molecule is COc1cc(/C=N\NC(=O)Cn2nnc(-c3ccccc3Cl)n2)ccc1OC1=N[C@@H]2[C@@H](C(=O)N(C)C(=O)N2C)N1C. The van der Waals surface area contributed by atoms with Crippen LogP contribution in [0.1, 0.15) is 5.56 Å². The lowest BCUT2D eigenvalue weighted by Gasteiger charge is -2.38. The molecule has 0 radical (unpaired) electrons. The van der Waals surface area contributed by atoms with Crippen LogP contribution in [0, 0.1) is 0 Å². The monoisotopic (exact) mass is 580 g/mol. The highest BCUT2D eigenvalue weighted by Crippen LogP contribution is 2.31. The van der Waals surface area contributed by atoms with Crippen LogP contribution in [0.3, 0.4) is 0 Å². The van der Waals surface area contributed by atoms with Crippen molar-refractivity contribution in [2.75, 3.05) is 28.3 Å². The Balaban J connectivity index is 1.21. The normalized spacial score (nSPS) is 18.6. The minimum absolute atomic E-state index is 0.162. The van der Waals surface area contributed by atoms with Gasteiger partial charge in [-0.1, -0.05) is 23.7 Å². The van der Waals surface area contributed by atoms with Gasteiger partial charge >= 0.3 is 6.03 Å². The Bertz CT molecular complexity index is 1570. The summed E-state index contributed by atoms with van der Waals surface area (Å²) in [7, 11) is 6.15. The number of imide groups is 1. The maximum absolute atomic E-state index is 12.7. The predicted molar refractivity (Wildman–Crippen MR) is 146 cm³/mol. The van der Waals surface area contributed by atoms with Gasteiger partial charge in [-0.15, -0.1) is 10.2 Å². The van der Waals surface area contributed by atoms with Gasteiger partial charge in [-0.3, -0.25) is 14.5 Å². The number of halogens is 1. The fraction of sp³-hybridized carbons (Fsp3) is 0.280. The number of nitrogens with one attached hydrogen (secondary N) is 1. The summed E-state index contributed by atoms with van der Waals surface area (Å²) in [5.41, 5.74) is 3.62. The molecule has 41 heavy (non-hydrogen) atoms. The van der Waals surface area contributed by atoms with Crippen LogP contribution >= 0.6 is 11.6 Å². The Labute approximate surface area is 239 Å².